The molecule has 4 nitrogen and oxygen atoms in total. The number of anilines is 2. The summed E-state index contributed by atoms with van der Waals surface area (Å²) in [5.41, 5.74) is 4.69. The minimum Gasteiger partial charge on any atom is -0.374 e. The van der Waals surface area contributed by atoms with Crippen LogP contribution in [0.4, 0.5) is 11.5 Å². The third kappa shape index (κ3) is 2.84. The lowest BCUT2D eigenvalue weighted by Crippen LogP contribution is -2.30. The topological polar surface area (TPSA) is 41.1 Å². The summed E-state index contributed by atoms with van der Waals surface area (Å²) in [5, 5.41) is 3.49. The van der Waals surface area contributed by atoms with Gasteiger partial charge in [-0.2, -0.15) is 0 Å². The number of hydrogen-bond donors (Lipinski definition) is 1. The van der Waals surface area contributed by atoms with Crippen molar-refractivity contribution < 1.29 is 0 Å². The molecule has 1 aliphatic rings. The molecule has 1 unspecified atom stereocenters. The summed E-state index contributed by atoms with van der Waals surface area (Å²) in [6.45, 7) is 5.98. The molecule has 1 N–H and O–H groups in total. The fourth-order valence-corrected chi connectivity index (χ4v) is 2.94. The van der Waals surface area contributed by atoms with Gasteiger partial charge in [0.1, 0.15) is 5.82 Å². The van der Waals surface area contributed by atoms with E-state index in [2.05, 4.69) is 51.5 Å². The van der Waals surface area contributed by atoms with E-state index >= 15 is 0 Å². The lowest BCUT2D eigenvalue weighted by Gasteiger charge is -2.33. The van der Waals surface area contributed by atoms with Gasteiger partial charge < -0.3 is 10.2 Å². The Morgan fingerprint density at radius 3 is 2.95 bits per heavy atom. The minimum atomic E-state index is 0.527. The third-order valence-electron chi connectivity index (χ3n) is 4.19. The van der Waals surface area contributed by atoms with Crippen molar-refractivity contribution >= 4 is 11.5 Å². The summed E-state index contributed by atoms with van der Waals surface area (Å²) in [5.74, 6) is 1.44. The number of benzene rings is 1. The van der Waals surface area contributed by atoms with Gasteiger partial charge in [-0.1, -0.05) is 18.2 Å². The van der Waals surface area contributed by atoms with Crippen LogP contribution < -0.4 is 10.2 Å². The van der Waals surface area contributed by atoms with Crippen LogP contribution in [0.25, 0.3) is 0 Å². The minimum absolute atomic E-state index is 0.527. The summed E-state index contributed by atoms with van der Waals surface area (Å²) in [6, 6.07) is 8.69. The first-order valence-electron chi connectivity index (χ1n) is 7.49. The molecular weight excluding hydrogens is 260 g/mol. The number of nitrogens with one attached hydrogen (secondary N) is 1. The molecule has 2 heterocycles. The molecule has 0 radical (unpaired) electrons. The maximum Gasteiger partial charge on any atom is 0.147 e. The lowest BCUT2D eigenvalue weighted by atomic mass is 9.90. The number of nitrogens with zero attached hydrogens (tertiary/aromatic N) is 3. The molecule has 2 aromatic rings. The molecule has 0 aliphatic carbocycles. The van der Waals surface area contributed by atoms with Crippen molar-refractivity contribution in [1.82, 2.24) is 9.97 Å². The Morgan fingerprint density at radius 1 is 1.29 bits per heavy atom. The maximum absolute atomic E-state index is 4.54. The Kier molecular flexibility index (Phi) is 3.78. The van der Waals surface area contributed by atoms with Crippen LogP contribution in [0.1, 0.15) is 29.3 Å². The fraction of sp³-hybridized carbons (Fsp3) is 0.412. The van der Waals surface area contributed by atoms with Crippen molar-refractivity contribution in [1.29, 1.82) is 0 Å². The van der Waals surface area contributed by atoms with Crippen molar-refractivity contribution in [3.63, 3.8) is 0 Å². The van der Waals surface area contributed by atoms with Crippen LogP contribution >= 0.6 is 0 Å². The van der Waals surface area contributed by atoms with Gasteiger partial charge in [0.25, 0.3) is 0 Å². The second kappa shape index (κ2) is 5.72. The van der Waals surface area contributed by atoms with E-state index in [0.717, 1.165) is 30.3 Å². The summed E-state index contributed by atoms with van der Waals surface area (Å²) in [4.78, 5) is 11.2. The number of para-hydroxylation sites is 1. The van der Waals surface area contributed by atoms with E-state index in [0.29, 0.717) is 5.92 Å². The number of rotatable bonds is 3. The zero-order chi connectivity index (χ0) is 14.8. The number of aromatic nitrogens is 2. The van der Waals surface area contributed by atoms with Crippen molar-refractivity contribution in [2.24, 2.45) is 0 Å². The Balaban J connectivity index is 1.77. The van der Waals surface area contributed by atoms with Crippen molar-refractivity contribution in [2.45, 2.75) is 26.2 Å². The molecule has 0 amide bonds. The Hall–Kier alpha value is -2.10. The Bertz CT molecular complexity index is 638. The average Bonchev–Trinajstić information content (AvgIpc) is 2.50. The molecule has 0 fully saturated rings. The highest BCUT2D eigenvalue weighted by Gasteiger charge is 2.22. The van der Waals surface area contributed by atoms with Gasteiger partial charge in [0, 0.05) is 37.9 Å². The first-order chi connectivity index (χ1) is 10.1. The normalized spacial score (nSPS) is 17.5. The number of aryl methyl sites for hydroxylation is 2. The highest BCUT2D eigenvalue weighted by atomic mass is 15.1. The molecule has 1 aliphatic heterocycles. The zero-order valence-corrected chi connectivity index (χ0v) is 12.9. The molecule has 1 aromatic carbocycles. The van der Waals surface area contributed by atoms with Gasteiger partial charge in [-0.15, -0.1) is 0 Å². The Morgan fingerprint density at radius 2 is 2.10 bits per heavy atom. The molecule has 0 saturated heterocycles. The molecule has 21 heavy (non-hydrogen) atoms. The zero-order valence-electron chi connectivity index (χ0n) is 12.9. The fourth-order valence-electron chi connectivity index (χ4n) is 2.94. The van der Waals surface area contributed by atoms with E-state index in [1.54, 1.807) is 0 Å². The van der Waals surface area contributed by atoms with Crippen LogP contribution in [0.15, 0.2) is 30.5 Å². The van der Waals surface area contributed by atoms with E-state index in [1.807, 2.05) is 20.0 Å². The van der Waals surface area contributed by atoms with E-state index in [-0.39, 0.29) is 0 Å². The van der Waals surface area contributed by atoms with Crippen molar-refractivity contribution in [2.75, 3.05) is 30.4 Å². The molecule has 3 rings (SSSR count). The predicted molar refractivity (Wildman–Crippen MR) is 87.1 cm³/mol. The molecule has 1 atom stereocenters. The predicted octanol–water partition coefficient (Wildman–Crippen LogP) is 3.13. The summed E-state index contributed by atoms with van der Waals surface area (Å²) >= 11 is 0. The number of hydrogen-bond acceptors (Lipinski definition) is 4. The number of fused-ring (bicyclic) bond motifs is 1. The van der Waals surface area contributed by atoms with Gasteiger partial charge in [-0.3, -0.25) is 4.98 Å². The molecule has 0 spiro atoms. The maximum atomic E-state index is 4.54. The van der Waals surface area contributed by atoms with Crippen molar-refractivity contribution in [3.05, 3.63) is 47.4 Å². The molecule has 0 saturated carbocycles. The largest absolute Gasteiger partial charge is 0.374 e. The monoisotopic (exact) mass is 282 g/mol. The Labute approximate surface area is 126 Å². The molecule has 110 valence electrons. The van der Waals surface area contributed by atoms with Gasteiger partial charge >= 0.3 is 0 Å². The summed E-state index contributed by atoms with van der Waals surface area (Å²) < 4.78 is 0. The van der Waals surface area contributed by atoms with Crippen LogP contribution in [0.2, 0.25) is 0 Å². The smallest absolute Gasteiger partial charge is 0.147 e. The van der Waals surface area contributed by atoms with E-state index < -0.39 is 0 Å². The van der Waals surface area contributed by atoms with Crippen LogP contribution in [-0.2, 0) is 0 Å². The highest BCUT2D eigenvalue weighted by Crippen LogP contribution is 2.34. The van der Waals surface area contributed by atoms with Gasteiger partial charge in [0.05, 0.1) is 11.4 Å². The first kappa shape index (κ1) is 13.9. The SMILES string of the molecule is Cc1cnc(C)c(NCC2CCN(C)c3ccccc32)n1. The third-order valence-corrected chi connectivity index (χ3v) is 4.19. The molecular formula is C17H22N4. The second-order valence-electron chi connectivity index (χ2n) is 5.79. The molecule has 4 heteroatoms. The first-order valence-corrected chi connectivity index (χ1v) is 7.49. The quantitative estimate of drug-likeness (QED) is 0.939. The van der Waals surface area contributed by atoms with Crippen LogP contribution in [-0.4, -0.2) is 30.1 Å². The summed E-state index contributed by atoms with van der Waals surface area (Å²) in [6.07, 6.45) is 2.98. The highest BCUT2D eigenvalue weighted by molar-refractivity contribution is 5.57. The lowest BCUT2D eigenvalue weighted by molar-refractivity contribution is 0.613. The molecule has 0 bridgehead atoms. The second-order valence-corrected chi connectivity index (χ2v) is 5.79. The van der Waals surface area contributed by atoms with E-state index in [9.17, 15) is 0 Å². The van der Waals surface area contributed by atoms with Gasteiger partial charge in [-0.25, -0.2) is 4.98 Å². The molecule has 1 aromatic heterocycles. The van der Waals surface area contributed by atoms with Gasteiger partial charge in [0.15, 0.2) is 0 Å². The van der Waals surface area contributed by atoms with Crippen LogP contribution in [0.5, 0.6) is 0 Å². The van der Waals surface area contributed by atoms with Gasteiger partial charge in [0.2, 0.25) is 0 Å². The van der Waals surface area contributed by atoms with Crippen molar-refractivity contribution in [3.8, 4) is 0 Å². The van der Waals surface area contributed by atoms with E-state index in [4.69, 9.17) is 0 Å². The van der Waals surface area contributed by atoms with Crippen LogP contribution in [0.3, 0.4) is 0 Å². The van der Waals surface area contributed by atoms with Crippen LogP contribution in [0, 0.1) is 13.8 Å². The standard InChI is InChI=1S/C17H22N4/c1-12-10-18-13(2)17(20-12)19-11-14-8-9-21(3)16-7-5-4-6-15(14)16/h4-7,10,14H,8-9,11H2,1-3H3,(H,19,20). The average molecular weight is 282 g/mol. The van der Waals surface area contributed by atoms with Gasteiger partial charge in [-0.05, 0) is 31.9 Å². The summed E-state index contributed by atoms with van der Waals surface area (Å²) in [7, 11) is 2.17. The van der Waals surface area contributed by atoms with E-state index in [1.165, 1.54) is 17.7 Å².